The first-order valence-electron chi connectivity index (χ1n) is 4.11. The van der Waals surface area contributed by atoms with Crippen LogP contribution in [-0.2, 0) is 0 Å². The number of carbonyl (C=O) groups excluding carboxylic acids is 2. The van der Waals surface area contributed by atoms with E-state index in [4.69, 9.17) is 23.2 Å². The quantitative estimate of drug-likeness (QED) is 0.485. The van der Waals surface area contributed by atoms with Gasteiger partial charge in [0.1, 0.15) is 0 Å². The van der Waals surface area contributed by atoms with Crippen molar-refractivity contribution in [1.29, 1.82) is 0 Å². The average molecular weight is 310 g/mol. The Balaban J connectivity index is 3.29. The summed E-state index contributed by atoms with van der Waals surface area (Å²) in [4.78, 5) is 22.7. The van der Waals surface area contributed by atoms with Crippen LogP contribution in [0.2, 0.25) is 0 Å². The maximum Gasteiger partial charge on any atom is 0.253 e. The van der Waals surface area contributed by atoms with Crippen molar-refractivity contribution >= 4 is 50.2 Å². The first-order chi connectivity index (χ1) is 6.93. The molecule has 0 aliphatic heterocycles. The van der Waals surface area contributed by atoms with E-state index < -0.39 is 10.6 Å². The van der Waals surface area contributed by atoms with Gasteiger partial charge in [0.15, 0.2) is 5.78 Å². The Morgan fingerprint density at radius 3 is 2.40 bits per heavy atom. The summed E-state index contributed by atoms with van der Waals surface area (Å²) < 4.78 is 0.685. The van der Waals surface area contributed by atoms with Gasteiger partial charge in [-0.2, -0.15) is 0 Å². The molecule has 0 radical (unpaired) electrons. The molecule has 0 saturated heterocycles. The Labute approximate surface area is 106 Å². The molecule has 0 aliphatic carbocycles. The average Bonchev–Trinajstić information content (AvgIpc) is 2.16. The summed E-state index contributed by atoms with van der Waals surface area (Å²) in [5.41, 5.74) is 0.421. The van der Waals surface area contributed by atoms with Crippen LogP contribution in [0.5, 0.6) is 0 Å². The molecule has 5 heteroatoms. The van der Waals surface area contributed by atoms with Gasteiger partial charge in [-0.25, -0.2) is 0 Å². The molecule has 15 heavy (non-hydrogen) atoms. The molecular weight excluding hydrogens is 303 g/mol. The lowest BCUT2D eigenvalue weighted by Gasteiger charge is -2.06. The second-order valence-electron chi connectivity index (χ2n) is 2.94. The van der Waals surface area contributed by atoms with Crippen molar-refractivity contribution in [3.05, 3.63) is 33.8 Å². The predicted molar refractivity (Wildman–Crippen MR) is 64.0 cm³/mol. The van der Waals surface area contributed by atoms with Gasteiger partial charge in [0.25, 0.3) is 5.24 Å². The molecule has 1 rings (SSSR count). The molecule has 1 aromatic carbocycles. The van der Waals surface area contributed by atoms with E-state index in [-0.39, 0.29) is 16.9 Å². The molecule has 1 aromatic rings. The van der Waals surface area contributed by atoms with E-state index in [1.165, 1.54) is 12.1 Å². The molecule has 1 atom stereocenters. The zero-order chi connectivity index (χ0) is 11.6. The lowest BCUT2D eigenvalue weighted by molar-refractivity contribution is 0.0981. The highest BCUT2D eigenvalue weighted by Gasteiger charge is 2.19. The van der Waals surface area contributed by atoms with Crippen LogP contribution >= 0.6 is 39.1 Å². The minimum absolute atomic E-state index is 0.170. The smallest absolute Gasteiger partial charge is 0.253 e. The summed E-state index contributed by atoms with van der Waals surface area (Å²) in [6.45, 7) is 1.55. The van der Waals surface area contributed by atoms with E-state index in [1.807, 2.05) is 0 Å². The lowest BCUT2D eigenvalue weighted by Crippen LogP contribution is -2.14. The predicted octanol–water partition coefficient (Wildman–Crippen LogP) is 3.64. The fourth-order valence-corrected chi connectivity index (χ4v) is 1.74. The zero-order valence-electron chi connectivity index (χ0n) is 7.76. The molecule has 0 amide bonds. The van der Waals surface area contributed by atoms with Gasteiger partial charge in [-0.3, -0.25) is 9.59 Å². The van der Waals surface area contributed by atoms with Crippen LogP contribution in [0, 0.1) is 0 Å². The Hall–Kier alpha value is -0.380. The summed E-state index contributed by atoms with van der Waals surface area (Å²) in [7, 11) is 0. The van der Waals surface area contributed by atoms with Crippen molar-refractivity contribution in [3.8, 4) is 0 Å². The van der Waals surface area contributed by atoms with Gasteiger partial charge in [-0.05, 0) is 36.7 Å². The molecule has 0 fully saturated rings. The third kappa shape index (κ3) is 3.03. The van der Waals surface area contributed by atoms with Gasteiger partial charge in [-0.1, -0.05) is 15.9 Å². The van der Waals surface area contributed by atoms with Crippen molar-refractivity contribution in [1.82, 2.24) is 0 Å². The van der Waals surface area contributed by atoms with Crippen molar-refractivity contribution in [3.63, 3.8) is 0 Å². The molecule has 0 saturated carbocycles. The number of hydrogen-bond donors (Lipinski definition) is 0. The molecule has 0 aromatic heterocycles. The molecule has 0 bridgehead atoms. The highest BCUT2D eigenvalue weighted by atomic mass is 79.9. The molecule has 2 nitrogen and oxygen atoms in total. The summed E-state index contributed by atoms with van der Waals surface area (Å²) >= 11 is 14.2. The molecule has 0 N–H and O–H groups in total. The summed E-state index contributed by atoms with van der Waals surface area (Å²) in [5, 5.41) is -1.35. The third-order valence-corrected chi connectivity index (χ3v) is 2.72. The molecule has 0 spiro atoms. The number of ketones is 1. The minimum Gasteiger partial charge on any atom is -0.292 e. The van der Waals surface area contributed by atoms with E-state index in [0.717, 1.165) is 0 Å². The molecule has 1 unspecified atom stereocenters. The second kappa shape index (κ2) is 5.10. The van der Waals surface area contributed by atoms with Crippen LogP contribution in [0.25, 0.3) is 0 Å². The minimum atomic E-state index is -0.680. The van der Waals surface area contributed by atoms with E-state index in [9.17, 15) is 9.59 Å². The fraction of sp³-hybridized carbons (Fsp3) is 0.200. The van der Waals surface area contributed by atoms with Crippen LogP contribution in [0.3, 0.4) is 0 Å². The number of halogens is 3. The number of carbonyl (C=O) groups is 2. The van der Waals surface area contributed by atoms with Crippen molar-refractivity contribution in [2.45, 2.75) is 12.3 Å². The van der Waals surface area contributed by atoms with Gasteiger partial charge in [0, 0.05) is 15.6 Å². The number of benzene rings is 1. The maximum absolute atomic E-state index is 11.6. The van der Waals surface area contributed by atoms with Crippen molar-refractivity contribution in [2.24, 2.45) is 0 Å². The van der Waals surface area contributed by atoms with Gasteiger partial charge in [0.2, 0.25) is 0 Å². The maximum atomic E-state index is 11.6. The fourth-order valence-electron chi connectivity index (χ4n) is 1.11. The first kappa shape index (κ1) is 12.7. The highest BCUT2D eigenvalue weighted by molar-refractivity contribution is 9.10. The zero-order valence-corrected chi connectivity index (χ0v) is 10.9. The normalized spacial score (nSPS) is 12.3. The number of rotatable bonds is 3. The molecular formula is C10H7BrCl2O2. The van der Waals surface area contributed by atoms with Crippen LogP contribution in [-0.4, -0.2) is 16.4 Å². The third-order valence-electron chi connectivity index (χ3n) is 1.82. The van der Waals surface area contributed by atoms with Gasteiger partial charge < -0.3 is 0 Å². The van der Waals surface area contributed by atoms with Gasteiger partial charge in [0.05, 0.1) is 5.38 Å². The van der Waals surface area contributed by atoms with E-state index >= 15 is 0 Å². The van der Waals surface area contributed by atoms with Crippen LogP contribution in [0.15, 0.2) is 22.7 Å². The van der Waals surface area contributed by atoms with Crippen LogP contribution in [0.4, 0.5) is 0 Å². The number of Topliss-reactive ketones (excluding diaryl/α,β-unsaturated/α-hetero) is 1. The van der Waals surface area contributed by atoms with Gasteiger partial charge in [-0.15, -0.1) is 11.6 Å². The van der Waals surface area contributed by atoms with E-state index in [2.05, 4.69) is 15.9 Å². The molecule has 0 heterocycles. The largest absolute Gasteiger partial charge is 0.292 e. The number of alkyl halides is 1. The first-order valence-corrected chi connectivity index (χ1v) is 5.72. The van der Waals surface area contributed by atoms with Gasteiger partial charge >= 0.3 is 0 Å². The number of hydrogen-bond acceptors (Lipinski definition) is 2. The summed E-state index contributed by atoms with van der Waals surface area (Å²) in [6, 6.07) is 4.69. The Kier molecular flexibility index (Phi) is 4.32. The molecule has 80 valence electrons. The van der Waals surface area contributed by atoms with Crippen LogP contribution in [0.1, 0.15) is 27.6 Å². The lowest BCUT2D eigenvalue weighted by atomic mass is 10.0. The molecule has 0 aliphatic rings. The van der Waals surface area contributed by atoms with E-state index in [1.54, 1.807) is 13.0 Å². The van der Waals surface area contributed by atoms with Crippen molar-refractivity contribution in [2.75, 3.05) is 0 Å². The second-order valence-corrected chi connectivity index (χ2v) is 4.86. The Bertz CT molecular complexity index is 416. The van der Waals surface area contributed by atoms with Crippen molar-refractivity contribution < 1.29 is 9.59 Å². The standard InChI is InChI=1S/C10H7BrCl2O2/c1-5(12)9(14)7-3-2-6(11)4-8(7)10(13)15/h2-5H,1H3. The Morgan fingerprint density at radius 1 is 1.33 bits per heavy atom. The monoisotopic (exact) mass is 308 g/mol. The Morgan fingerprint density at radius 2 is 1.93 bits per heavy atom. The topological polar surface area (TPSA) is 34.1 Å². The summed E-state index contributed by atoms with van der Waals surface area (Å²) in [6.07, 6.45) is 0. The SMILES string of the molecule is CC(Cl)C(=O)c1ccc(Br)cc1C(=O)Cl. The van der Waals surface area contributed by atoms with Crippen LogP contribution < -0.4 is 0 Å². The highest BCUT2D eigenvalue weighted by Crippen LogP contribution is 2.20. The van der Waals surface area contributed by atoms with E-state index in [0.29, 0.717) is 4.47 Å². The summed E-state index contributed by atoms with van der Waals surface area (Å²) in [5.74, 6) is -0.312.